The molecule has 0 aliphatic carbocycles. The molecular weight excluding hydrogens is 779 g/mol. The first-order valence-corrected chi connectivity index (χ1v) is 25.0. The number of carbonyl (C=O) groups excluding carboxylic acids is 4. The smallest absolute Gasteiger partial charge is 0.466 e. The first kappa shape index (κ1) is 58.6. The first-order chi connectivity index (χ1) is 29.8. The summed E-state index contributed by atoms with van der Waals surface area (Å²) in [7, 11) is 0. The highest BCUT2D eigenvalue weighted by Gasteiger charge is 2.20. The van der Waals surface area contributed by atoms with Gasteiger partial charge in [-0.15, -0.1) is 0 Å². The highest BCUT2D eigenvalue weighted by atomic mass is 16.7. The van der Waals surface area contributed by atoms with Crippen molar-refractivity contribution in [1.82, 2.24) is 4.90 Å². The van der Waals surface area contributed by atoms with Gasteiger partial charge in [-0.2, -0.15) is 0 Å². The summed E-state index contributed by atoms with van der Waals surface area (Å²) in [5, 5.41) is 0. The van der Waals surface area contributed by atoms with Crippen molar-refractivity contribution >= 4 is 24.1 Å². The number of hydrogen-bond donors (Lipinski definition) is 0. The van der Waals surface area contributed by atoms with Gasteiger partial charge in [-0.25, -0.2) is 4.79 Å². The van der Waals surface area contributed by atoms with Crippen molar-refractivity contribution in [3.8, 4) is 0 Å². The third kappa shape index (κ3) is 41.3. The fraction of sp³-hybridized carbons (Fsp3) is 0.918. The molecule has 0 aromatic heterocycles. The van der Waals surface area contributed by atoms with Crippen LogP contribution in [0, 0.1) is 5.92 Å². The molecule has 0 rings (SSSR count). The zero-order valence-corrected chi connectivity index (χ0v) is 40.0. The predicted octanol–water partition coefficient (Wildman–Crippen LogP) is 12.1. The number of nitrogens with zero attached hydrogens (tertiary/aromatic N) is 1. The van der Waals surface area contributed by atoms with E-state index in [4.69, 9.17) is 33.2 Å². The minimum absolute atomic E-state index is 0.0622. The van der Waals surface area contributed by atoms with Gasteiger partial charge in [0.05, 0.1) is 25.6 Å². The number of unbranched alkanes of at least 4 members (excludes halogenated alkanes) is 19. The molecule has 0 aromatic rings. The average Bonchev–Trinajstić information content (AvgIpc) is 3.26. The van der Waals surface area contributed by atoms with Gasteiger partial charge < -0.3 is 38.1 Å². The second-order valence-electron chi connectivity index (χ2n) is 16.5. The van der Waals surface area contributed by atoms with Crippen LogP contribution in [-0.4, -0.2) is 101 Å². The molecule has 0 heterocycles. The summed E-state index contributed by atoms with van der Waals surface area (Å²) in [6.45, 7) is 15.1. The van der Waals surface area contributed by atoms with Crippen molar-refractivity contribution in [2.45, 2.75) is 221 Å². The lowest BCUT2D eigenvalue weighted by molar-refractivity contribution is -0.161. The van der Waals surface area contributed by atoms with Crippen molar-refractivity contribution in [3.63, 3.8) is 0 Å². The van der Waals surface area contributed by atoms with Crippen LogP contribution in [0.5, 0.6) is 0 Å². The average molecular weight is 872 g/mol. The van der Waals surface area contributed by atoms with Crippen LogP contribution < -0.4 is 0 Å². The summed E-state index contributed by atoms with van der Waals surface area (Å²) >= 11 is 0. The zero-order valence-electron chi connectivity index (χ0n) is 40.0. The quantitative estimate of drug-likeness (QED) is 0.0249. The molecule has 61 heavy (non-hydrogen) atoms. The minimum atomic E-state index is -0.805. The Morgan fingerprint density at radius 3 is 1.28 bits per heavy atom. The van der Waals surface area contributed by atoms with Gasteiger partial charge in [0.15, 0.2) is 6.29 Å². The Bertz CT molecular complexity index is 993. The van der Waals surface area contributed by atoms with Crippen LogP contribution in [0.15, 0.2) is 0 Å². The van der Waals surface area contributed by atoms with Crippen molar-refractivity contribution in [2.75, 3.05) is 65.9 Å². The Labute approximate surface area is 372 Å². The molecule has 0 bridgehead atoms. The van der Waals surface area contributed by atoms with Crippen LogP contribution in [-0.2, 0) is 47.5 Å². The van der Waals surface area contributed by atoms with E-state index in [9.17, 15) is 19.2 Å². The second-order valence-corrected chi connectivity index (χ2v) is 16.5. The molecule has 0 fully saturated rings. The monoisotopic (exact) mass is 872 g/mol. The third-order valence-electron chi connectivity index (χ3n) is 10.8. The molecule has 12 nitrogen and oxygen atoms in total. The van der Waals surface area contributed by atoms with Gasteiger partial charge in [0.25, 0.3) is 0 Å². The Morgan fingerprint density at radius 2 is 0.787 bits per heavy atom. The summed E-state index contributed by atoms with van der Waals surface area (Å²) in [6.07, 6.45) is 25.7. The highest BCUT2D eigenvalue weighted by Crippen LogP contribution is 2.14. The number of hydrogen-bond acceptors (Lipinski definition) is 12. The molecule has 1 atom stereocenters. The maximum atomic E-state index is 12.9. The normalized spacial score (nSPS) is 11.9. The van der Waals surface area contributed by atoms with Crippen molar-refractivity contribution in [1.29, 1.82) is 0 Å². The summed E-state index contributed by atoms with van der Waals surface area (Å²) in [4.78, 5) is 52.2. The Balaban J connectivity index is 4.73. The fourth-order valence-corrected chi connectivity index (χ4v) is 6.78. The van der Waals surface area contributed by atoms with Crippen LogP contribution in [0.2, 0.25) is 0 Å². The van der Waals surface area contributed by atoms with Crippen LogP contribution in [0.25, 0.3) is 0 Å². The SMILES string of the molecule is CCCCCCCCCCOC(=O)CCCCCCCC(=O)OCC(COC(=O)CCC(OCCCCCCC)OCCCCCCC)COC(=O)OCCCN(CC)CC. The van der Waals surface area contributed by atoms with E-state index in [-0.39, 0.29) is 51.2 Å². The molecule has 0 amide bonds. The molecular formula is C49H93NO11. The van der Waals surface area contributed by atoms with E-state index in [1.807, 2.05) is 0 Å². The summed E-state index contributed by atoms with van der Waals surface area (Å²) in [6, 6.07) is 0. The third-order valence-corrected chi connectivity index (χ3v) is 10.8. The first-order valence-electron chi connectivity index (χ1n) is 25.0. The lowest BCUT2D eigenvalue weighted by Gasteiger charge is -2.20. The van der Waals surface area contributed by atoms with Gasteiger partial charge in [0, 0.05) is 39.0 Å². The molecule has 0 aliphatic heterocycles. The summed E-state index contributed by atoms with van der Waals surface area (Å²) in [5.74, 6) is -1.46. The van der Waals surface area contributed by atoms with E-state index in [1.165, 1.54) is 77.0 Å². The summed E-state index contributed by atoms with van der Waals surface area (Å²) < 4.78 is 39.2. The number of ether oxygens (including phenoxy) is 7. The van der Waals surface area contributed by atoms with Crippen LogP contribution >= 0.6 is 0 Å². The van der Waals surface area contributed by atoms with Crippen LogP contribution in [0.4, 0.5) is 4.79 Å². The molecule has 0 saturated carbocycles. The molecule has 0 N–H and O–H groups in total. The number of esters is 3. The van der Waals surface area contributed by atoms with Crippen LogP contribution in [0.1, 0.15) is 214 Å². The van der Waals surface area contributed by atoms with Gasteiger partial charge in [0.1, 0.15) is 19.8 Å². The van der Waals surface area contributed by atoms with Gasteiger partial charge >= 0.3 is 24.1 Å². The molecule has 0 saturated heterocycles. The van der Waals surface area contributed by atoms with E-state index in [0.29, 0.717) is 45.5 Å². The van der Waals surface area contributed by atoms with E-state index >= 15 is 0 Å². The van der Waals surface area contributed by atoms with E-state index in [0.717, 1.165) is 83.8 Å². The maximum Gasteiger partial charge on any atom is 0.508 e. The molecule has 12 heteroatoms. The standard InChI is InChI=1S/C49H93NO11/c1-6-11-14-17-18-19-25-28-37-55-45(51)32-26-21-20-22-27-33-46(52)59-41-44(43-61-49(54)58-40-31-36-50(9-4)10-5)42-60-47(53)34-35-48(56-38-29-23-15-12-7-2)57-39-30-24-16-13-8-3/h44,48H,6-43H2,1-5H3. The lowest BCUT2D eigenvalue weighted by atomic mass is 10.1. The largest absolute Gasteiger partial charge is 0.508 e. The number of carbonyl (C=O) groups is 4. The van der Waals surface area contributed by atoms with Crippen molar-refractivity contribution in [2.24, 2.45) is 5.92 Å². The van der Waals surface area contributed by atoms with Gasteiger partial charge in [0.2, 0.25) is 0 Å². The van der Waals surface area contributed by atoms with Gasteiger partial charge in [-0.1, -0.05) is 150 Å². The lowest BCUT2D eigenvalue weighted by Crippen LogP contribution is -2.28. The zero-order chi connectivity index (χ0) is 44.9. The number of rotatable bonds is 46. The topological polar surface area (TPSA) is 136 Å². The Kier molecular flexibility index (Phi) is 43.8. The Hall–Kier alpha value is -2.44. The van der Waals surface area contributed by atoms with E-state index < -0.39 is 24.3 Å². The molecule has 1 unspecified atom stereocenters. The fourth-order valence-electron chi connectivity index (χ4n) is 6.78. The van der Waals surface area contributed by atoms with Crippen molar-refractivity contribution < 1.29 is 52.3 Å². The molecule has 0 aromatic carbocycles. The van der Waals surface area contributed by atoms with E-state index in [1.54, 1.807) is 0 Å². The Morgan fingerprint density at radius 1 is 0.393 bits per heavy atom. The van der Waals surface area contributed by atoms with Gasteiger partial charge in [-0.05, 0) is 51.6 Å². The minimum Gasteiger partial charge on any atom is -0.466 e. The van der Waals surface area contributed by atoms with E-state index in [2.05, 4.69) is 39.5 Å². The predicted molar refractivity (Wildman–Crippen MR) is 243 cm³/mol. The second kappa shape index (κ2) is 45.6. The maximum absolute atomic E-state index is 12.9. The molecule has 0 aliphatic rings. The summed E-state index contributed by atoms with van der Waals surface area (Å²) in [5.41, 5.74) is 0. The van der Waals surface area contributed by atoms with Crippen LogP contribution in [0.3, 0.4) is 0 Å². The molecule has 360 valence electrons. The van der Waals surface area contributed by atoms with Crippen molar-refractivity contribution in [3.05, 3.63) is 0 Å². The van der Waals surface area contributed by atoms with Gasteiger partial charge in [-0.3, -0.25) is 14.4 Å². The highest BCUT2D eigenvalue weighted by molar-refractivity contribution is 5.70. The molecule has 0 spiro atoms. The molecule has 0 radical (unpaired) electrons.